The van der Waals surface area contributed by atoms with E-state index >= 15 is 0 Å². The van der Waals surface area contributed by atoms with Gasteiger partial charge in [0.15, 0.2) is 6.61 Å². The van der Waals surface area contributed by atoms with Gasteiger partial charge >= 0.3 is 0 Å². The minimum absolute atomic E-state index is 0.0437. The Morgan fingerprint density at radius 3 is 2.50 bits per heavy atom. The van der Waals surface area contributed by atoms with E-state index in [1.165, 1.54) is 4.90 Å². The van der Waals surface area contributed by atoms with Gasteiger partial charge < -0.3 is 20.7 Å². The Hall–Kier alpha value is -2.08. The molecule has 0 bridgehead atoms. The number of nitrogens with one attached hydrogen (secondary N) is 1. The van der Waals surface area contributed by atoms with Crippen molar-refractivity contribution in [2.75, 3.05) is 26.7 Å². The topological polar surface area (TPSA) is 84.7 Å². The number of amides is 2. The van der Waals surface area contributed by atoms with Gasteiger partial charge in [0.2, 0.25) is 5.91 Å². The first kappa shape index (κ1) is 18.0. The lowest BCUT2D eigenvalue weighted by Crippen LogP contribution is -2.45. The van der Waals surface area contributed by atoms with Crippen LogP contribution in [0.2, 0.25) is 0 Å². The van der Waals surface area contributed by atoms with Gasteiger partial charge in [-0.1, -0.05) is 18.2 Å². The molecule has 0 saturated carbocycles. The zero-order valence-electron chi connectivity index (χ0n) is 13.5. The molecule has 122 valence electrons. The Morgan fingerprint density at radius 2 is 1.91 bits per heavy atom. The zero-order chi connectivity index (χ0) is 16.6. The SMILES string of the molecule is CN(CCC(=O)NCC(C)(C)N)C(=O)COc1ccccc1. The van der Waals surface area contributed by atoms with Crippen molar-refractivity contribution in [1.82, 2.24) is 10.2 Å². The highest BCUT2D eigenvalue weighted by Crippen LogP contribution is 2.08. The summed E-state index contributed by atoms with van der Waals surface area (Å²) in [6, 6.07) is 9.13. The first-order valence-corrected chi connectivity index (χ1v) is 7.25. The summed E-state index contributed by atoms with van der Waals surface area (Å²) in [5.74, 6) is 0.352. The third-order valence-electron chi connectivity index (χ3n) is 2.95. The molecule has 0 fully saturated rings. The predicted octanol–water partition coefficient (Wildman–Crippen LogP) is 0.767. The molecule has 22 heavy (non-hydrogen) atoms. The fourth-order valence-electron chi connectivity index (χ4n) is 1.58. The number of hydrogen-bond acceptors (Lipinski definition) is 4. The van der Waals surface area contributed by atoms with Gasteiger partial charge in [-0.15, -0.1) is 0 Å². The van der Waals surface area contributed by atoms with E-state index in [4.69, 9.17) is 10.5 Å². The number of rotatable bonds is 8. The van der Waals surface area contributed by atoms with Crippen LogP contribution in [0.25, 0.3) is 0 Å². The molecule has 0 unspecified atom stereocenters. The second-order valence-corrected chi connectivity index (χ2v) is 5.93. The van der Waals surface area contributed by atoms with Crippen molar-refractivity contribution in [3.63, 3.8) is 0 Å². The van der Waals surface area contributed by atoms with Crippen molar-refractivity contribution < 1.29 is 14.3 Å². The lowest BCUT2D eigenvalue weighted by atomic mass is 10.1. The number of carbonyl (C=O) groups excluding carboxylic acids is 2. The van der Waals surface area contributed by atoms with Crippen LogP contribution in [0.1, 0.15) is 20.3 Å². The number of ether oxygens (including phenoxy) is 1. The number of likely N-dealkylation sites (N-methyl/N-ethyl adjacent to an activating group) is 1. The molecule has 0 aliphatic heterocycles. The molecule has 0 aliphatic carbocycles. The van der Waals surface area contributed by atoms with Crippen molar-refractivity contribution in [1.29, 1.82) is 0 Å². The maximum Gasteiger partial charge on any atom is 0.260 e. The Kier molecular flexibility index (Phi) is 6.85. The highest BCUT2D eigenvalue weighted by Gasteiger charge is 2.14. The van der Waals surface area contributed by atoms with E-state index in [1.54, 1.807) is 19.2 Å². The molecule has 6 nitrogen and oxygen atoms in total. The van der Waals surface area contributed by atoms with Crippen LogP contribution in [0.15, 0.2) is 30.3 Å². The van der Waals surface area contributed by atoms with Gasteiger partial charge in [0.25, 0.3) is 5.91 Å². The van der Waals surface area contributed by atoms with Crippen LogP contribution in [0.3, 0.4) is 0 Å². The largest absolute Gasteiger partial charge is 0.484 e. The smallest absolute Gasteiger partial charge is 0.260 e. The molecule has 0 aromatic heterocycles. The number of carbonyl (C=O) groups is 2. The summed E-state index contributed by atoms with van der Waals surface area (Å²) < 4.78 is 5.38. The van der Waals surface area contributed by atoms with Gasteiger partial charge in [0.05, 0.1) is 0 Å². The molecule has 1 aromatic rings. The molecule has 0 saturated heterocycles. The normalized spacial score (nSPS) is 10.9. The molecule has 0 atom stereocenters. The van der Waals surface area contributed by atoms with E-state index < -0.39 is 5.54 Å². The molecular formula is C16H25N3O3. The number of hydrogen-bond donors (Lipinski definition) is 2. The zero-order valence-corrected chi connectivity index (χ0v) is 13.5. The Balaban J connectivity index is 2.25. The molecule has 0 spiro atoms. The van der Waals surface area contributed by atoms with Gasteiger partial charge in [-0.25, -0.2) is 0 Å². The summed E-state index contributed by atoms with van der Waals surface area (Å²) in [7, 11) is 1.65. The van der Waals surface area contributed by atoms with Crippen LogP contribution in [0.4, 0.5) is 0 Å². The number of benzene rings is 1. The van der Waals surface area contributed by atoms with E-state index in [1.807, 2.05) is 32.0 Å². The van der Waals surface area contributed by atoms with Crippen molar-refractivity contribution in [3.05, 3.63) is 30.3 Å². The van der Waals surface area contributed by atoms with E-state index in [9.17, 15) is 9.59 Å². The average Bonchev–Trinajstić information content (AvgIpc) is 2.48. The van der Waals surface area contributed by atoms with Gasteiger partial charge in [0, 0.05) is 32.1 Å². The molecule has 1 aromatic carbocycles. The summed E-state index contributed by atoms with van der Waals surface area (Å²) in [5.41, 5.74) is 5.34. The molecule has 0 aliphatic rings. The first-order chi connectivity index (χ1) is 10.3. The number of nitrogens with zero attached hydrogens (tertiary/aromatic N) is 1. The second-order valence-electron chi connectivity index (χ2n) is 5.93. The van der Waals surface area contributed by atoms with Gasteiger partial charge in [-0.3, -0.25) is 9.59 Å². The first-order valence-electron chi connectivity index (χ1n) is 7.25. The van der Waals surface area contributed by atoms with Crippen LogP contribution in [0.5, 0.6) is 5.75 Å². The third kappa shape index (κ3) is 7.64. The lowest BCUT2D eigenvalue weighted by Gasteiger charge is -2.20. The van der Waals surface area contributed by atoms with Crippen LogP contribution < -0.4 is 15.8 Å². The van der Waals surface area contributed by atoms with Crippen molar-refractivity contribution >= 4 is 11.8 Å². The van der Waals surface area contributed by atoms with Crippen molar-refractivity contribution in [2.24, 2.45) is 5.73 Å². The molecule has 0 radical (unpaired) electrons. The molecular weight excluding hydrogens is 282 g/mol. The van der Waals surface area contributed by atoms with E-state index in [-0.39, 0.29) is 24.8 Å². The summed E-state index contributed by atoms with van der Waals surface area (Å²) in [5, 5.41) is 2.74. The minimum Gasteiger partial charge on any atom is -0.484 e. The maximum absolute atomic E-state index is 11.9. The Morgan fingerprint density at radius 1 is 1.27 bits per heavy atom. The minimum atomic E-state index is -0.444. The summed E-state index contributed by atoms with van der Waals surface area (Å²) in [4.78, 5) is 25.0. The highest BCUT2D eigenvalue weighted by molar-refractivity contribution is 5.79. The van der Waals surface area contributed by atoms with Gasteiger partial charge in [-0.05, 0) is 26.0 Å². The van der Waals surface area contributed by atoms with Crippen LogP contribution in [-0.2, 0) is 9.59 Å². The standard InChI is InChI=1S/C16H25N3O3/c1-16(2,17)12-18-14(20)9-10-19(3)15(21)11-22-13-7-5-4-6-8-13/h4-8H,9-12,17H2,1-3H3,(H,18,20). The summed E-state index contributed by atoms with van der Waals surface area (Å²) in [6.45, 7) is 4.38. The molecule has 2 amide bonds. The van der Waals surface area contributed by atoms with E-state index in [0.717, 1.165) is 0 Å². The number of para-hydroxylation sites is 1. The second kappa shape index (κ2) is 8.38. The van der Waals surface area contributed by atoms with E-state index in [0.29, 0.717) is 18.8 Å². The maximum atomic E-state index is 11.9. The fourth-order valence-corrected chi connectivity index (χ4v) is 1.58. The molecule has 6 heteroatoms. The molecule has 3 N–H and O–H groups in total. The Labute approximate surface area is 131 Å². The van der Waals surface area contributed by atoms with Crippen LogP contribution in [0, 0.1) is 0 Å². The van der Waals surface area contributed by atoms with E-state index in [2.05, 4.69) is 5.32 Å². The predicted molar refractivity (Wildman–Crippen MR) is 85.5 cm³/mol. The van der Waals surface area contributed by atoms with Crippen molar-refractivity contribution in [3.8, 4) is 5.75 Å². The summed E-state index contributed by atoms with van der Waals surface area (Å²) in [6.07, 6.45) is 0.240. The number of nitrogens with two attached hydrogens (primary N) is 1. The Bertz CT molecular complexity index is 483. The fraction of sp³-hybridized carbons (Fsp3) is 0.500. The summed E-state index contributed by atoms with van der Waals surface area (Å²) >= 11 is 0. The monoisotopic (exact) mass is 307 g/mol. The third-order valence-corrected chi connectivity index (χ3v) is 2.95. The highest BCUT2D eigenvalue weighted by atomic mass is 16.5. The van der Waals surface area contributed by atoms with Gasteiger partial charge in [0.1, 0.15) is 5.75 Å². The van der Waals surface area contributed by atoms with Gasteiger partial charge in [-0.2, -0.15) is 0 Å². The van der Waals surface area contributed by atoms with Crippen LogP contribution >= 0.6 is 0 Å². The molecule has 0 heterocycles. The van der Waals surface area contributed by atoms with Crippen LogP contribution in [-0.4, -0.2) is 49.0 Å². The lowest BCUT2D eigenvalue weighted by molar-refractivity contribution is -0.132. The molecule has 1 rings (SSSR count). The average molecular weight is 307 g/mol. The van der Waals surface area contributed by atoms with Crippen molar-refractivity contribution in [2.45, 2.75) is 25.8 Å². The quantitative estimate of drug-likeness (QED) is 0.743.